The van der Waals surface area contributed by atoms with Crippen LogP contribution in [-0.4, -0.2) is 34.9 Å². The Bertz CT molecular complexity index is 548. The van der Waals surface area contributed by atoms with E-state index >= 15 is 0 Å². The van der Waals surface area contributed by atoms with Crippen molar-refractivity contribution in [3.63, 3.8) is 0 Å². The van der Waals surface area contributed by atoms with E-state index in [2.05, 4.69) is 15.5 Å². The summed E-state index contributed by atoms with van der Waals surface area (Å²) in [5, 5.41) is 9.65. The Balaban J connectivity index is 1.58. The van der Waals surface area contributed by atoms with Gasteiger partial charge < -0.3 is 10.1 Å². The molecule has 3 rings (SSSR count). The fourth-order valence-corrected chi connectivity index (χ4v) is 3.12. The van der Waals surface area contributed by atoms with Gasteiger partial charge in [-0.05, 0) is 25.7 Å². The number of halogens is 3. The van der Waals surface area contributed by atoms with Crippen LogP contribution in [-0.2, 0) is 17.8 Å². The van der Waals surface area contributed by atoms with Crippen LogP contribution in [0, 0.1) is 5.92 Å². The number of aromatic amines is 1. The molecule has 1 aromatic rings. The molecule has 22 heavy (non-hydrogen) atoms. The van der Waals surface area contributed by atoms with Gasteiger partial charge in [-0.1, -0.05) is 0 Å². The lowest BCUT2D eigenvalue weighted by molar-refractivity contribution is -0.182. The molecule has 1 aromatic heterocycles. The first kappa shape index (κ1) is 15.3. The van der Waals surface area contributed by atoms with E-state index < -0.39 is 12.1 Å². The van der Waals surface area contributed by atoms with E-state index in [9.17, 15) is 18.0 Å². The van der Waals surface area contributed by atoms with Crippen molar-refractivity contribution in [2.75, 3.05) is 6.61 Å². The Labute approximate surface area is 125 Å². The highest BCUT2D eigenvalue weighted by molar-refractivity contribution is 5.94. The number of hydrogen-bond acceptors (Lipinski definition) is 3. The fraction of sp³-hybridized carbons (Fsp3) is 0.714. The average molecular weight is 317 g/mol. The second-order valence-corrected chi connectivity index (χ2v) is 5.90. The van der Waals surface area contributed by atoms with E-state index in [0.29, 0.717) is 38.2 Å². The van der Waals surface area contributed by atoms with Crippen molar-refractivity contribution in [1.29, 1.82) is 0 Å². The molecule has 1 aliphatic carbocycles. The lowest BCUT2D eigenvalue weighted by Gasteiger charge is -2.30. The summed E-state index contributed by atoms with van der Waals surface area (Å²) in [5.41, 5.74) is 1.96. The van der Waals surface area contributed by atoms with Crippen LogP contribution in [0.2, 0.25) is 0 Å². The van der Waals surface area contributed by atoms with Crippen molar-refractivity contribution in [2.24, 2.45) is 5.92 Å². The number of carbonyl (C=O) groups is 1. The first-order valence-corrected chi connectivity index (χ1v) is 7.46. The first-order valence-electron chi connectivity index (χ1n) is 7.46. The molecule has 122 valence electrons. The van der Waals surface area contributed by atoms with Crippen LogP contribution in [0.3, 0.4) is 0 Å². The number of ether oxygens (including phenoxy) is 1. The minimum atomic E-state index is -4.13. The number of alkyl halides is 3. The van der Waals surface area contributed by atoms with Gasteiger partial charge in [0.2, 0.25) is 0 Å². The molecule has 0 aromatic carbocycles. The summed E-state index contributed by atoms with van der Waals surface area (Å²) >= 11 is 0. The highest BCUT2D eigenvalue weighted by atomic mass is 19.4. The van der Waals surface area contributed by atoms with Gasteiger partial charge >= 0.3 is 6.18 Å². The Hall–Kier alpha value is -1.57. The number of rotatable bonds is 2. The van der Waals surface area contributed by atoms with Crippen molar-refractivity contribution in [1.82, 2.24) is 15.5 Å². The smallest absolute Gasteiger partial charge is 0.376 e. The van der Waals surface area contributed by atoms with Gasteiger partial charge in [-0.3, -0.25) is 9.89 Å². The maximum Gasteiger partial charge on any atom is 0.391 e. The molecule has 2 N–H and O–H groups in total. The summed E-state index contributed by atoms with van der Waals surface area (Å²) in [7, 11) is 0. The van der Waals surface area contributed by atoms with Gasteiger partial charge in [0, 0.05) is 23.7 Å². The van der Waals surface area contributed by atoms with Crippen molar-refractivity contribution in [3.8, 4) is 0 Å². The molecule has 5 nitrogen and oxygen atoms in total. The second-order valence-electron chi connectivity index (χ2n) is 5.90. The maximum atomic E-state index is 12.6. The molecule has 2 aliphatic rings. The van der Waals surface area contributed by atoms with Gasteiger partial charge in [0.05, 0.1) is 19.1 Å². The number of nitrogens with one attached hydrogen (secondary N) is 2. The Morgan fingerprint density at radius 2 is 2.00 bits per heavy atom. The van der Waals surface area contributed by atoms with Gasteiger partial charge in [-0.2, -0.15) is 18.3 Å². The maximum absolute atomic E-state index is 12.6. The third-order valence-corrected chi connectivity index (χ3v) is 4.44. The molecule has 0 radical (unpaired) electrons. The second kappa shape index (κ2) is 5.91. The Kier molecular flexibility index (Phi) is 4.12. The number of nitrogens with zero attached hydrogens (tertiary/aromatic N) is 1. The van der Waals surface area contributed by atoms with Crippen molar-refractivity contribution in [2.45, 2.75) is 50.9 Å². The van der Waals surface area contributed by atoms with Gasteiger partial charge in [0.25, 0.3) is 5.91 Å². The quantitative estimate of drug-likeness (QED) is 0.880. The molecule has 0 atom stereocenters. The van der Waals surface area contributed by atoms with Gasteiger partial charge in [0.15, 0.2) is 5.69 Å². The summed E-state index contributed by atoms with van der Waals surface area (Å²) in [5.74, 6) is -1.58. The van der Waals surface area contributed by atoms with Crippen LogP contribution >= 0.6 is 0 Å². The predicted molar refractivity (Wildman–Crippen MR) is 71.2 cm³/mol. The number of amides is 1. The number of fused-ring (bicyclic) bond motifs is 1. The van der Waals surface area contributed by atoms with E-state index in [-0.39, 0.29) is 24.8 Å². The molecule has 2 heterocycles. The monoisotopic (exact) mass is 317 g/mol. The number of carbonyl (C=O) groups excluding carboxylic acids is 1. The van der Waals surface area contributed by atoms with Crippen LogP contribution in [0.5, 0.6) is 0 Å². The standard InChI is InChI=1S/C14H18F3N3O2/c15-14(16,17)8-1-3-9(4-2-8)18-13(21)12-10-7-22-6-5-11(10)19-20-12/h8-9H,1-7H2,(H,18,21)(H,19,20). The SMILES string of the molecule is O=C(NC1CCC(C(F)(F)F)CC1)c1n[nH]c2c1COCC2. The topological polar surface area (TPSA) is 67.0 Å². The molecular formula is C14H18F3N3O2. The summed E-state index contributed by atoms with van der Waals surface area (Å²) in [4.78, 5) is 12.3. The predicted octanol–water partition coefficient (Wildman–Crippen LogP) is 2.33. The minimum absolute atomic E-state index is 0.0657. The van der Waals surface area contributed by atoms with E-state index in [1.807, 2.05) is 0 Å². The van der Waals surface area contributed by atoms with E-state index in [1.54, 1.807) is 0 Å². The normalized spacial score (nSPS) is 25.6. The molecule has 0 spiro atoms. The summed E-state index contributed by atoms with van der Waals surface area (Å²) in [6, 6.07) is -0.219. The molecule has 1 amide bonds. The highest BCUT2D eigenvalue weighted by Crippen LogP contribution is 2.37. The zero-order valence-electron chi connectivity index (χ0n) is 12.0. The summed E-state index contributed by atoms with van der Waals surface area (Å²) < 4.78 is 43.2. The van der Waals surface area contributed by atoms with Gasteiger partial charge in [-0.25, -0.2) is 0 Å². The molecule has 0 saturated heterocycles. The third-order valence-electron chi connectivity index (χ3n) is 4.44. The van der Waals surface area contributed by atoms with Crippen molar-refractivity contribution in [3.05, 3.63) is 17.0 Å². The average Bonchev–Trinajstić information content (AvgIpc) is 2.91. The molecule has 1 saturated carbocycles. The van der Waals surface area contributed by atoms with Crippen molar-refractivity contribution < 1.29 is 22.7 Å². The first-order chi connectivity index (χ1) is 10.4. The Morgan fingerprint density at radius 1 is 1.27 bits per heavy atom. The van der Waals surface area contributed by atoms with E-state index in [4.69, 9.17) is 4.74 Å². The molecule has 0 bridgehead atoms. The van der Waals surface area contributed by atoms with Crippen LogP contribution in [0.1, 0.15) is 47.4 Å². The minimum Gasteiger partial charge on any atom is -0.376 e. The molecule has 8 heteroatoms. The molecule has 1 fully saturated rings. The van der Waals surface area contributed by atoms with Crippen LogP contribution in [0.25, 0.3) is 0 Å². The van der Waals surface area contributed by atoms with Crippen molar-refractivity contribution >= 4 is 5.91 Å². The van der Waals surface area contributed by atoms with E-state index in [0.717, 1.165) is 11.3 Å². The molecule has 1 aliphatic heterocycles. The highest BCUT2D eigenvalue weighted by Gasteiger charge is 2.41. The number of aromatic nitrogens is 2. The molecule has 0 unspecified atom stereocenters. The zero-order valence-corrected chi connectivity index (χ0v) is 12.0. The molecular weight excluding hydrogens is 299 g/mol. The van der Waals surface area contributed by atoms with E-state index in [1.165, 1.54) is 0 Å². The Morgan fingerprint density at radius 3 is 2.68 bits per heavy atom. The zero-order chi connectivity index (χ0) is 15.7. The number of H-pyrrole nitrogens is 1. The van der Waals surface area contributed by atoms with Gasteiger partial charge in [0.1, 0.15) is 0 Å². The van der Waals surface area contributed by atoms with Crippen LogP contribution < -0.4 is 5.32 Å². The lowest BCUT2D eigenvalue weighted by Crippen LogP contribution is -2.40. The summed E-state index contributed by atoms with van der Waals surface area (Å²) in [6.45, 7) is 0.938. The van der Waals surface area contributed by atoms with Crippen LogP contribution in [0.4, 0.5) is 13.2 Å². The number of hydrogen-bond donors (Lipinski definition) is 2. The lowest BCUT2D eigenvalue weighted by atomic mass is 9.85. The fourth-order valence-electron chi connectivity index (χ4n) is 3.12. The largest absolute Gasteiger partial charge is 0.391 e. The third kappa shape index (κ3) is 3.11. The summed E-state index contributed by atoms with van der Waals surface area (Å²) in [6.07, 6.45) is -2.62. The van der Waals surface area contributed by atoms with Crippen LogP contribution in [0.15, 0.2) is 0 Å². The van der Waals surface area contributed by atoms with Gasteiger partial charge in [-0.15, -0.1) is 0 Å².